The molecule has 1 fully saturated rings. The van der Waals surface area contributed by atoms with Crippen molar-refractivity contribution < 1.29 is 14.3 Å². The molecule has 0 radical (unpaired) electrons. The Morgan fingerprint density at radius 3 is 1.93 bits per heavy atom. The van der Waals surface area contributed by atoms with Crippen LogP contribution in [0.2, 0.25) is 0 Å². The Hall–Kier alpha value is -5.56. The number of piperazine rings is 1. The zero-order valence-corrected chi connectivity index (χ0v) is 25.3. The van der Waals surface area contributed by atoms with Crippen LogP contribution < -0.4 is 25.2 Å². The summed E-state index contributed by atoms with van der Waals surface area (Å²) < 4.78 is 5.58. The molecule has 0 saturated carbocycles. The Morgan fingerprint density at radius 1 is 0.644 bits per heavy atom. The molecule has 2 amide bonds. The quantitative estimate of drug-likeness (QED) is 0.194. The zero-order chi connectivity index (χ0) is 31.0. The second kappa shape index (κ2) is 13.8. The first-order valence-electron chi connectivity index (χ1n) is 15.1. The van der Waals surface area contributed by atoms with E-state index in [1.807, 2.05) is 115 Å². The molecule has 0 aliphatic carbocycles. The van der Waals surface area contributed by atoms with Gasteiger partial charge in [0.05, 0.1) is 18.4 Å². The minimum Gasteiger partial charge on any atom is -0.495 e. The highest BCUT2D eigenvalue weighted by Crippen LogP contribution is 2.31. The van der Waals surface area contributed by atoms with Gasteiger partial charge in [0, 0.05) is 49.7 Å². The van der Waals surface area contributed by atoms with E-state index in [1.54, 1.807) is 13.2 Å². The molecular weight excluding hydrogens is 560 g/mol. The summed E-state index contributed by atoms with van der Waals surface area (Å²) in [7, 11) is 1.69. The van der Waals surface area contributed by atoms with Gasteiger partial charge in [0.25, 0.3) is 11.8 Å². The molecule has 45 heavy (non-hydrogen) atoms. The van der Waals surface area contributed by atoms with Crippen LogP contribution in [-0.4, -0.2) is 45.1 Å². The molecule has 0 aromatic heterocycles. The van der Waals surface area contributed by atoms with E-state index in [4.69, 9.17) is 4.74 Å². The number of para-hydroxylation sites is 2. The highest BCUT2D eigenvalue weighted by atomic mass is 16.5. The van der Waals surface area contributed by atoms with Gasteiger partial charge in [-0.25, -0.2) is 0 Å². The van der Waals surface area contributed by atoms with Crippen LogP contribution in [-0.2, 0) is 6.54 Å². The number of anilines is 3. The summed E-state index contributed by atoms with van der Waals surface area (Å²) in [5.41, 5.74) is 6.68. The highest BCUT2D eigenvalue weighted by Gasteiger charge is 2.24. The van der Waals surface area contributed by atoms with E-state index in [2.05, 4.69) is 26.5 Å². The van der Waals surface area contributed by atoms with Gasteiger partial charge in [-0.3, -0.25) is 9.59 Å². The van der Waals surface area contributed by atoms with Gasteiger partial charge in [-0.15, -0.1) is 0 Å². The van der Waals surface area contributed by atoms with Gasteiger partial charge in [-0.1, -0.05) is 84.9 Å². The Bertz CT molecular complexity index is 1750. The lowest BCUT2D eigenvalue weighted by molar-refractivity contribution is 0.0950. The first kappa shape index (κ1) is 29.5. The third kappa shape index (κ3) is 6.99. The summed E-state index contributed by atoms with van der Waals surface area (Å²) in [6.07, 6.45) is 0. The maximum absolute atomic E-state index is 13.7. The van der Waals surface area contributed by atoms with E-state index in [-0.39, 0.29) is 11.8 Å². The molecule has 1 heterocycles. The summed E-state index contributed by atoms with van der Waals surface area (Å²) in [4.78, 5) is 31.4. The van der Waals surface area contributed by atoms with Crippen molar-refractivity contribution in [2.24, 2.45) is 0 Å². The lowest BCUT2D eigenvalue weighted by atomic mass is 10.0. The topological polar surface area (TPSA) is 73.9 Å². The number of nitrogens with zero attached hydrogens (tertiary/aromatic N) is 2. The number of methoxy groups -OCH3 is 1. The number of hydrogen-bond acceptors (Lipinski definition) is 5. The lowest BCUT2D eigenvalue weighted by Crippen LogP contribution is -2.47. The third-order valence-corrected chi connectivity index (χ3v) is 8.10. The van der Waals surface area contributed by atoms with Crippen molar-refractivity contribution >= 4 is 28.9 Å². The normalized spacial score (nSPS) is 12.8. The number of amides is 2. The first-order valence-corrected chi connectivity index (χ1v) is 15.1. The van der Waals surface area contributed by atoms with Crippen molar-refractivity contribution in [1.82, 2.24) is 5.32 Å². The van der Waals surface area contributed by atoms with E-state index in [9.17, 15) is 9.59 Å². The van der Waals surface area contributed by atoms with Crippen molar-refractivity contribution in [2.75, 3.05) is 48.4 Å². The molecule has 7 heteroatoms. The van der Waals surface area contributed by atoms with Gasteiger partial charge in [-0.2, -0.15) is 0 Å². The van der Waals surface area contributed by atoms with Crippen LogP contribution in [0.3, 0.4) is 0 Å². The minimum absolute atomic E-state index is 0.190. The first-order chi connectivity index (χ1) is 22.1. The Labute approximate surface area is 264 Å². The van der Waals surface area contributed by atoms with Crippen LogP contribution in [0, 0.1) is 0 Å². The largest absolute Gasteiger partial charge is 0.495 e. The molecule has 1 aliphatic heterocycles. The maximum Gasteiger partial charge on any atom is 0.255 e. The van der Waals surface area contributed by atoms with Gasteiger partial charge in [0.2, 0.25) is 0 Å². The van der Waals surface area contributed by atoms with Crippen LogP contribution in [0.25, 0.3) is 11.1 Å². The van der Waals surface area contributed by atoms with Crippen LogP contribution >= 0.6 is 0 Å². The van der Waals surface area contributed by atoms with E-state index < -0.39 is 0 Å². The molecule has 6 rings (SSSR count). The van der Waals surface area contributed by atoms with Crippen molar-refractivity contribution in [3.05, 3.63) is 144 Å². The standard InChI is InChI=1S/C38H36N4O3/c1-45-36-15-9-8-14-35(36)42-24-22-41(23-25-42)34-21-20-32(26-33(34)38(44)39-27-28-10-4-2-5-11-28)40-37(43)31-18-16-30(17-19-31)29-12-6-3-7-13-29/h2-21,26H,22-25,27H2,1H3,(H,39,44)(H,40,43). The van der Waals surface area contributed by atoms with E-state index >= 15 is 0 Å². The predicted molar refractivity (Wildman–Crippen MR) is 181 cm³/mol. The van der Waals surface area contributed by atoms with Crippen molar-refractivity contribution in [3.8, 4) is 16.9 Å². The average Bonchev–Trinajstić information content (AvgIpc) is 3.11. The second-order valence-electron chi connectivity index (χ2n) is 10.9. The second-order valence-corrected chi connectivity index (χ2v) is 10.9. The smallest absolute Gasteiger partial charge is 0.255 e. The van der Waals surface area contributed by atoms with Crippen molar-refractivity contribution in [3.63, 3.8) is 0 Å². The van der Waals surface area contributed by atoms with Crippen molar-refractivity contribution in [2.45, 2.75) is 6.54 Å². The molecule has 1 saturated heterocycles. The third-order valence-electron chi connectivity index (χ3n) is 8.10. The molecule has 226 valence electrons. The van der Waals surface area contributed by atoms with Gasteiger partial charge < -0.3 is 25.2 Å². The lowest BCUT2D eigenvalue weighted by Gasteiger charge is -2.38. The molecule has 0 spiro atoms. The van der Waals surface area contributed by atoms with Crippen LogP contribution in [0.4, 0.5) is 17.1 Å². The fourth-order valence-corrected chi connectivity index (χ4v) is 5.67. The maximum atomic E-state index is 13.7. The summed E-state index contributed by atoms with van der Waals surface area (Å²) in [5.74, 6) is 0.425. The van der Waals surface area contributed by atoms with Gasteiger partial charge in [-0.05, 0) is 59.2 Å². The van der Waals surface area contributed by atoms with Crippen molar-refractivity contribution in [1.29, 1.82) is 0 Å². The molecule has 1 aliphatic rings. The fourth-order valence-electron chi connectivity index (χ4n) is 5.67. The van der Waals surface area contributed by atoms with Crippen LogP contribution in [0.1, 0.15) is 26.3 Å². The monoisotopic (exact) mass is 596 g/mol. The highest BCUT2D eigenvalue weighted by molar-refractivity contribution is 6.06. The molecular formula is C38H36N4O3. The van der Waals surface area contributed by atoms with Gasteiger partial charge >= 0.3 is 0 Å². The molecule has 2 N–H and O–H groups in total. The number of rotatable bonds is 9. The summed E-state index contributed by atoms with van der Waals surface area (Å²) in [5, 5.41) is 6.07. The summed E-state index contributed by atoms with van der Waals surface area (Å²) >= 11 is 0. The zero-order valence-electron chi connectivity index (χ0n) is 25.3. The van der Waals surface area contributed by atoms with Gasteiger partial charge in [0.1, 0.15) is 5.75 Å². The SMILES string of the molecule is COc1ccccc1N1CCN(c2ccc(NC(=O)c3ccc(-c4ccccc4)cc3)cc2C(=O)NCc2ccccc2)CC1. The average molecular weight is 597 g/mol. The molecule has 0 unspecified atom stereocenters. The number of ether oxygens (including phenoxy) is 1. The minimum atomic E-state index is -0.233. The number of nitrogens with one attached hydrogen (secondary N) is 2. The molecule has 0 bridgehead atoms. The Morgan fingerprint density at radius 2 is 1.24 bits per heavy atom. The van der Waals surface area contributed by atoms with E-state index in [0.29, 0.717) is 23.4 Å². The van der Waals surface area contributed by atoms with E-state index in [0.717, 1.165) is 60.0 Å². The number of carbonyl (C=O) groups is 2. The Balaban J connectivity index is 1.20. The summed E-state index contributed by atoms with van der Waals surface area (Å²) in [6, 6.07) is 41.0. The Kier molecular flexibility index (Phi) is 9.06. The van der Waals surface area contributed by atoms with Crippen LogP contribution in [0.5, 0.6) is 5.75 Å². The molecule has 5 aromatic carbocycles. The van der Waals surface area contributed by atoms with E-state index in [1.165, 1.54) is 0 Å². The summed E-state index contributed by atoms with van der Waals surface area (Å²) in [6.45, 7) is 3.43. The van der Waals surface area contributed by atoms with Gasteiger partial charge in [0.15, 0.2) is 0 Å². The fraction of sp³-hybridized carbons (Fsp3) is 0.158. The molecule has 5 aromatic rings. The number of carbonyl (C=O) groups excluding carboxylic acids is 2. The number of hydrogen-bond donors (Lipinski definition) is 2. The number of benzene rings is 5. The van der Waals surface area contributed by atoms with Crippen LogP contribution in [0.15, 0.2) is 127 Å². The molecule has 7 nitrogen and oxygen atoms in total. The predicted octanol–water partition coefficient (Wildman–Crippen LogP) is 6.87. The molecule has 0 atom stereocenters.